The van der Waals surface area contributed by atoms with Crippen molar-refractivity contribution >= 4 is 0 Å². The Morgan fingerprint density at radius 1 is 1.00 bits per heavy atom. The highest BCUT2D eigenvalue weighted by atomic mass is 16.5. The zero-order valence-corrected chi connectivity index (χ0v) is 12.3. The third kappa shape index (κ3) is 3.20. The first-order valence-corrected chi connectivity index (χ1v) is 6.89. The van der Waals surface area contributed by atoms with Gasteiger partial charge in [-0.25, -0.2) is 0 Å². The van der Waals surface area contributed by atoms with Gasteiger partial charge in [0.05, 0.1) is 13.2 Å². The van der Waals surface area contributed by atoms with Crippen molar-refractivity contribution in [2.45, 2.75) is 26.4 Å². The molecule has 20 heavy (non-hydrogen) atoms. The standard InChI is InChI=1S/C18H22O2/c1-18(2,13-14-9-5-4-6-10-14)17(19)15-11-7-8-12-16(15)20-3/h4-12,17,19H,13H2,1-3H3/t17-/m1/s1. The van der Waals surface area contributed by atoms with Crippen LogP contribution in [0.15, 0.2) is 54.6 Å². The Labute approximate surface area is 121 Å². The summed E-state index contributed by atoms with van der Waals surface area (Å²) in [4.78, 5) is 0. The highest BCUT2D eigenvalue weighted by Crippen LogP contribution is 2.39. The molecule has 0 aliphatic carbocycles. The fraction of sp³-hybridized carbons (Fsp3) is 0.333. The zero-order valence-electron chi connectivity index (χ0n) is 12.3. The van der Waals surface area contributed by atoms with Crippen molar-refractivity contribution in [3.8, 4) is 5.75 Å². The molecular formula is C18H22O2. The lowest BCUT2D eigenvalue weighted by Gasteiger charge is -2.32. The molecule has 0 spiro atoms. The number of rotatable bonds is 5. The minimum absolute atomic E-state index is 0.268. The van der Waals surface area contributed by atoms with Crippen LogP contribution in [0.1, 0.15) is 31.1 Å². The number of para-hydroxylation sites is 1. The monoisotopic (exact) mass is 270 g/mol. The normalized spacial score (nSPS) is 13.0. The Morgan fingerprint density at radius 3 is 2.25 bits per heavy atom. The van der Waals surface area contributed by atoms with E-state index in [0.717, 1.165) is 17.7 Å². The molecule has 2 aromatic carbocycles. The SMILES string of the molecule is COc1ccccc1[C@@H](O)C(C)(C)Cc1ccccc1. The minimum Gasteiger partial charge on any atom is -0.496 e. The van der Waals surface area contributed by atoms with Gasteiger partial charge >= 0.3 is 0 Å². The molecule has 0 saturated carbocycles. The first kappa shape index (κ1) is 14.6. The van der Waals surface area contributed by atoms with Crippen LogP contribution < -0.4 is 4.74 Å². The van der Waals surface area contributed by atoms with Crippen LogP contribution in [0.2, 0.25) is 0 Å². The second kappa shape index (κ2) is 6.10. The molecule has 1 atom stereocenters. The Balaban J connectivity index is 2.24. The quantitative estimate of drug-likeness (QED) is 0.890. The molecule has 2 rings (SSSR count). The topological polar surface area (TPSA) is 29.5 Å². The van der Waals surface area contributed by atoms with Crippen molar-refractivity contribution in [2.75, 3.05) is 7.11 Å². The lowest BCUT2D eigenvalue weighted by atomic mass is 9.77. The van der Waals surface area contributed by atoms with Crippen molar-refractivity contribution in [1.29, 1.82) is 0 Å². The number of aliphatic hydroxyl groups excluding tert-OH is 1. The van der Waals surface area contributed by atoms with Gasteiger partial charge in [0.15, 0.2) is 0 Å². The van der Waals surface area contributed by atoms with Crippen LogP contribution in [-0.4, -0.2) is 12.2 Å². The number of hydrogen-bond donors (Lipinski definition) is 1. The van der Waals surface area contributed by atoms with Crippen LogP contribution >= 0.6 is 0 Å². The lowest BCUT2D eigenvalue weighted by Crippen LogP contribution is -2.25. The lowest BCUT2D eigenvalue weighted by molar-refractivity contribution is 0.0474. The summed E-state index contributed by atoms with van der Waals surface area (Å²) in [5, 5.41) is 10.7. The number of benzene rings is 2. The van der Waals surface area contributed by atoms with Crippen molar-refractivity contribution in [1.82, 2.24) is 0 Å². The predicted molar refractivity (Wildman–Crippen MR) is 81.9 cm³/mol. The van der Waals surface area contributed by atoms with Gasteiger partial charge in [-0.3, -0.25) is 0 Å². The molecule has 0 amide bonds. The maximum Gasteiger partial charge on any atom is 0.124 e. The molecular weight excluding hydrogens is 248 g/mol. The van der Waals surface area contributed by atoms with E-state index in [1.165, 1.54) is 5.56 Å². The molecule has 0 radical (unpaired) electrons. The van der Waals surface area contributed by atoms with E-state index in [1.54, 1.807) is 7.11 Å². The molecule has 2 aromatic rings. The van der Waals surface area contributed by atoms with E-state index < -0.39 is 6.10 Å². The van der Waals surface area contributed by atoms with Crippen LogP contribution in [0.25, 0.3) is 0 Å². The minimum atomic E-state index is -0.571. The largest absolute Gasteiger partial charge is 0.496 e. The zero-order chi connectivity index (χ0) is 14.6. The van der Waals surface area contributed by atoms with E-state index in [2.05, 4.69) is 26.0 Å². The molecule has 0 aromatic heterocycles. The van der Waals surface area contributed by atoms with E-state index in [1.807, 2.05) is 42.5 Å². The van der Waals surface area contributed by atoms with Crippen LogP contribution in [-0.2, 0) is 6.42 Å². The number of ether oxygens (including phenoxy) is 1. The highest BCUT2D eigenvalue weighted by Gasteiger charge is 2.31. The third-order valence-electron chi connectivity index (χ3n) is 3.68. The van der Waals surface area contributed by atoms with Gasteiger partial charge in [0, 0.05) is 5.56 Å². The summed E-state index contributed by atoms with van der Waals surface area (Å²) in [6, 6.07) is 17.9. The third-order valence-corrected chi connectivity index (χ3v) is 3.68. The van der Waals surface area contributed by atoms with Gasteiger partial charge < -0.3 is 9.84 Å². The Kier molecular flexibility index (Phi) is 4.46. The van der Waals surface area contributed by atoms with E-state index >= 15 is 0 Å². The van der Waals surface area contributed by atoms with Crippen LogP contribution in [0, 0.1) is 5.41 Å². The van der Waals surface area contributed by atoms with E-state index in [0.29, 0.717) is 0 Å². The van der Waals surface area contributed by atoms with E-state index in [4.69, 9.17) is 4.74 Å². The summed E-state index contributed by atoms with van der Waals surface area (Å²) in [6.07, 6.45) is 0.242. The second-order valence-corrected chi connectivity index (χ2v) is 5.80. The van der Waals surface area contributed by atoms with Gasteiger partial charge in [-0.1, -0.05) is 62.4 Å². The van der Waals surface area contributed by atoms with Gasteiger partial charge in [0.2, 0.25) is 0 Å². The molecule has 0 saturated heterocycles. The van der Waals surface area contributed by atoms with Crippen LogP contribution in [0.4, 0.5) is 0 Å². The number of methoxy groups -OCH3 is 1. The molecule has 106 valence electrons. The van der Waals surface area contributed by atoms with Gasteiger partial charge in [0.1, 0.15) is 5.75 Å². The summed E-state index contributed by atoms with van der Waals surface area (Å²) < 4.78 is 5.35. The van der Waals surface area contributed by atoms with Gasteiger partial charge in [-0.15, -0.1) is 0 Å². The average Bonchev–Trinajstić information content (AvgIpc) is 2.47. The fourth-order valence-corrected chi connectivity index (χ4v) is 2.53. The highest BCUT2D eigenvalue weighted by molar-refractivity contribution is 5.36. The Morgan fingerprint density at radius 2 is 1.60 bits per heavy atom. The molecule has 2 heteroatoms. The summed E-state index contributed by atoms with van der Waals surface area (Å²) in [5.74, 6) is 0.737. The average molecular weight is 270 g/mol. The first-order chi connectivity index (χ1) is 9.54. The molecule has 0 bridgehead atoms. The molecule has 0 unspecified atom stereocenters. The van der Waals surface area contributed by atoms with Gasteiger partial charge in [-0.2, -0.15) is 0 Å². The fourth-order valence-electron chi connectivity index (χ4n) is 2.53. The van der Waals surface area contributed by atoms with Crippen LogP contribution in [0.3, 0.4) is 0 Å². The summed E-state index contributed by atoms with van der Waals surface area (Å²) in [7, 11) is 1.63. The summed E-state index contributed by atoms with van der Waals surface area (Å²) in [5.41, 5.74) is 1.80. The molecule has 0 fully saturated rings. The van der Waals surface area contributed by atoms with E-state index in [9.17, 15) is 5.11 Å². The van der Waals surface area contributed by atoms with Crippen molar-refractivity contribution in [3.63, 3.8) is 0 Å². The molecule has 0 heterocycles. The molecule has 0 aliphatic rings. The van der Waals surface area contributed by atoms with Crippen molar-refractivity contribution < 1.29 is 9.84 Å². The van der Waals surface area contributed by atoms with Crippen molar-refractivity contribution in [3.05, 3.63) is 65.7 Å². The Bertz CT molecular complexity index is 546. The molecule has 0 aliphatic heterocycles. The summed E-state index contributed by atoms with van der Waals surface area (Å²) >= 11 is 0. The first-order valence-electron chi connectivity index (χ1n) is 6.89. The second-order valence-electron chi connectivity index (χ2n) is 5.80. The number of aliphatic hydroxyl groups is 1. The van der Waals surface area contributed by atoms with Crippen LogP contribution in [0.5, 0.6) is 5.75 Å². The summed E-state index contributed by atoms with van der Waals surface area (Å²) in [6.45, 7) is 4.16. The maximum absolute atomic E-state index is 10.7. The van der Waals surface area contributed by atoms with E-state index in [-0.39, 0.29) is 5.41 Å². The smallest absolute Gasteiger partial charge is 0.124 e. The number of hydrogen-bond acceptors (Lipinski definition) is 2. The molecule has 1 N–H and O–H groups in total. The predicted octanol–water partition coefficient (Wildman–Crippen LogP) is 4.00. The molecule has 2 nitrogen and oxygen atoms in total. The Hall–Kier alpha value is -1.80. The maximum atomic E-state index is 10.7. The van der Waals surface area contributed by atoms with Gasteiger partial charge in [0.25, 0.3) is 0 Å². The van der Waals surface area contributed by atoms with Gasteiger partial charge in [-0.05, 0) is 23.5 Å². The van der Waals surface area contributed by atoms with Crippen molar-refractivity contribution in [2.24, 2.45) is 5.41 Å².